The van der Waals surface area contributed by atoms with Gasteiger partial charge in [-0.15, -0.1) is 0 Å². The first-order valence-electron chi connectivity index (χ1n) is 6.54. The van der Waals surface area contributed by atoms with E-state index < -0.39 is 5.41 Å². The Hall–Kier alpha value is -1.91. The molecule has 1 saturated heterocycles. The van der Waals surface area contributed by atoms with Crippen molar-refractivity contribution >= 4 is 23.3 Å². The van der Waals surface area contributed by atoms with Crippen molar-refractivity contribution in [1.29, 1.82) is 0 Å². The van der Waals surface area contributed by atoms with E-state index in [4.69, 9.17) is 5.73 Å². The van der Waals surface area contributed by atoms with Gasteiger partial charge in [0.2, 0.25) is 11.8 Å². The summed E-state index contributed by atoms with van der Waals surface area (Å²) >= 11 is 0. The van der Waals surface area contributed by atoms with E-state index in [0.29, 0.717) is 24.3 Å². The van der Waals surface area contributed by atoms with Crippen LogP contribution in [0.15, 0.2) is 12.3 Å². The Labute approximate surface area is 112 Å². The number of pyridine rings is 1. The molecule has 5 heteroatoms. The van der Waals surface area contributed by atoms with Crippen LogP contribution in [0.25, 0.3) is 0 Å². The second-order valence-electron chi connectivity index (χ2n) is 5.11. The molecular weight excluding hydrogens is 242 g/mol. The number of nitrogens with two attached hydrogens (primary N) is 1. The first-order chi connectivity index (χ1) is 8.95. The third kappa shape index (κ3) is 1.99. The second-order valence-corrected chi connectivity index (χ2v) is 5.11. The zero-order valence-corrected chi connectivity index (χ0v) is 11.6. The van der Waals surface area contributed by atoms with Gasteiger partial charge < -0.3 is 5.73 Å². The fourth-order valence-electron chi connectivity index (χ4n) is 2.63. The molecule has 0 aliphatic carbocycles. The molecule has 5 nitrogen and oxygen atoms in total. The third-order valence-electron chi connectivity index (χ3n) is 4.03. The predicted molar refractivity (Wildman–Crippen MR) is 73.5 cm³/mol. The number of carbonyl (C=O) groups is 2. The lowest BCUT2D eigenvalue weighted by atomic mass is 9.81. The molecule has 1 aromatic heterocycles. The van der Waals surface area contributed by atoms with Gasteiger partial charge in [0.05, 0.1) is 17.3 Å². The van der Waals surface area contributed by atoms with Crippen molar-refractivity contribution in [2.75, 3.05) is 10.6 Å². The maximum Gasteiger partial charge on any atom is 0.241 e. The monoisotopic (exact) mass is 261 g/mol. The zero-order valence-electron chi connectivity index (χ0n) is 11.6. The fraction of sp³-hybridized carbons (Fsp3) is 0.500. The van der Waals surface area contributed by atoms with Crippen LogP contribution in [0.5, 0.6) is 0 Å². The van der Waals surface area contributed by atoms with Crippen LogP contribution in [0, 0.1) is 12.3 Å². The van der Waals surface area contributed by atoms with Crippen molar-refractivity contribution in [3.05, 3.63) is 17.8 Å². The highest BCUT2D eigenvalue weighted by molar-refractivity contribution is 6.22. The SMILES string of the molecule is CCC1(CC)CC(=O)N(c2ncc(N)cc2C)C1=O. The van der Waals surface area contributed by atoms with Crippen LogP contribution < -0.4 is 10.6 Å². The summed E-state index contributed by atoms with van der Waals surface area (Å²) in [7, 11) is 0. The number of aryl methyl sites for hydroxylation is 1. The second kappa shape index (κ2) is 4.64. The van der Waals surface area contributed by atoms with Crippen LogP contribution in [-0.2, 0) is 9.59 Å². The van der Waals surface area contributed by atoms with Crippen molar-refractivity contribution in [3.63, 3.8) is 0 Å². The summed E-state index contributed by atoms with van der Waals surface area (Å²) < 4.78 is 0. The van der Waals surface area contributed by atoms with E-state index in [1.165, 1.54) is 11.1 Å². The molecule has 1 aliphatic rings. The van der Waals surface area contributed by atoms with Gasteiger partial charge in [0.1, 0.15) is 5.82 Å². The summed E-state index contributed by atoms with van der Waals surface area (Å²) in [6, 6.07) is 1.72. The highest BCUT2D eigenvalue weighted by Gasteiger charge is 2.50. The van der Waals surface area contributed by atoms with E-state index in [0.717, 1.165) is 5.56 Å². The minimum absolute atomic E-state index is 0.136. The highest BCUT2D eigenvalue weighted by Crippen LogP contribution is 2.41. The van der Waals surface area contributed by atoms with Crippen LogP contribution in [0.2, 0.25) is 0 Å². The molecule has 1 fully saturated rings. The molecule has 1 aliphatic heterocycles. The van der Waals surface area contributed by atoms with E-state index in [2.05, 4.69) is 4.98 Å². The Balaban J connectivity index is 2.46. The Kier molecular flexibility index (Phi) is 3.30. The molecule has 1 aromatic rings. The summed E-state index contributed by atoms with van der Waals surface area (Å²) in [5.41, 5.74) is 6.35. The number of hydrogen-bond donors (Lipinski definition) is 1. The highest BCUT2D eigenvalue weighted by atomic mass is 16.2. The third-order valence-corrected chi connectivity index (χ3v) is 4.03. The molecule has 2 N–H and O–H groups in total. The number of nitrogen functional groups attached to an aromatic ring is 1. The molecule has 102 valence electrons. The lowest BCUT2D eigenvalue weighted by Gasteiger charge is -2.23. The zero-order chi connectivity index (χ0) is 14.2. The maximum atomic E-state index is 12.6. The fourth-order valence-corrected chi connectivity index (χ4v) is 2.63. The first kappa shape index (κ1) is 13.5. The Bertz CT molecular complexity index is 535. The smallest absolute Gasteiger partial charge is 0.241 e. The molecule has 0 unspecified atom stereocenters. The van der Waals surface area contributed by atoms with Crippen molar-refractivity contribution in [3.8, 4) is 0 Å². The lowest BCUT2D eigenvalue weighted by Crippen LogP contribution is -2.36. The normalized spacial score (nSPS) is 18.2. The molecule has 2 heterocycles. The summed E-state index contributed by atoms with van der Waals surface area (Å²) in [5.74, 6) is 0.102. The molecule has 2 amide bonds. The van der Waals surface area contributed by atoms with Crippen LogP contribution >= 0.6 is 0 Å². The quantitative estimate of drug-likeness (QED) is 0.845. The van der Waals surface area contributed by atoms with Gasteiger partial charge >= 0.3 is 0 Å². The number of anilines is 2. The number of nitrogens with zero attached hydrogens (tertiary/aromatic N) is 2. The molecule has 0 aromatic carbocycles. The van der Waals surface area contributed by atoms with Crippen molar-refractivity contribution in [2.24, 2.45) is 5.41 Å². The molecular formula is C14H19N3O2. The van der Waals surface area contributed by atoms with Crippen LogP contribution in [0.4, 0.5) is 11.5 Å². The van der Waals surface area contributed by atoms with E-state index in [1.807, 2.05) is 13.8 Å². The number of aromatic nitrogens is 1. The van der Waals surface area contributed by atoms with Gasteiger partial charge in [-0.25, -0.2) is 9.88 Å². The van der Waals surface area contributed by atoms with E-state index in [1.54, 1.807) is 13.0 Å². The molecule has 0 saturated carbocycles. The summed E-state index contributed by atoms with van der Waals surface area (Å²) in [5, 5.41) is 0. The minimum atomic E-state index is -0.563. The predicted octanol–water partition coefficient (Wildman–Crippen LogP) is 2.04. The number of rotatable bonds is 3. The van der Waals surface area contributed by atoms with Gasteiger partial charge in [0, 0.05) is 6.42 Å². The van der Waals surface area contributed by atoms with Crippen LogP contribution in [0.3, 0.4) is 0 Å². The van der Waals surface area contributed by atoms with Gasteiger partial charge in [-0.05, 0) is 31.4 Å². The van der Waals surface area contributed by atoms with Gasteiger partial charge in [-0.3, -0.25) is 9.59 Å². The summed E-state index contributed by atoms with van der Waals surface area (Å²) in [4.78, 5) is 30.1. The number of carbonyl (C=O) groups excluding carboxylic acids is 2. The molecule has 0 radical (unpaired) electrons. The van der Waals surface area contributed by atoms with E-state index in [9.17, 15) is 9.59 Å². The topological polar surface area (TPSA) is 76.3 Å². The lowest BCUT2D eigenvalue weighted by molar-refractivity contribution is -0.126. The first-order valence-corrected chi connectivity index (χ1v) is 6.54. The van der Waals surface area contributed by atoms with Crippen LogP contribution in [0.1, 0.15) is 38.7 Å². The van der Waals surface area contributed by atoms with Crippen LogP contribution in [-0.4, -0.2) is 16.8 Å². The Morgan fingerprint density at radius 2 is 2.00 bits per heavy atom. The molecule has 19 heavy (non-hydrogen) atoms. The maximum absolute atomic E-state index is 12.6. The van der Waals surface area contributed by atoms with Crippen molar-refractivity contribution in [1.82, 2.24) is 4.98 Å². The minimum Gasteiger partial charge on any atom is -0.397 e. The molecule has 0 atom stereocenters. The Morgan fingerprint density at radius 1 is 1.37 bits per heavy atom. The van der Waals surface area contributed by atoms with E-state index >= 15 is 0 Å². The standard InChI is InChI=1S/C14H19N3O2/c1-4-14(5-2)7-11(18)17(13(14)19)12-9(3)6-10(15)8-16-12/h6,8H,4-5,7,15H2,1-3H3. The average molecular weight is 261 g/mol. The molecule has 0 bridgehead atoms. The van der Waals surface area contributed by atoms with Crippen molar-refractivity contribution < 1.29 is 9.59 Å². The summed E-state index contributed by atoms with van der Waals surface area (Å²) in [6.07, 6.45) is 3.07. The molecule has 2 rings (SSSR count). The number of hydrogen-bond acceptors (Lipinski definition) is 4. The largest absolute Gasteiger partial charge is 0.397 e. The van der Waals surface area contributed by atoms with Gasteiger partial charge in [-0.1, -0.05) is 13.8 Å². The van der Waals surface area contributed by atoms with E-state index in [-0.39, 0.29) is 18.2 Å². The molecule has 0 spiro atoms. The number of imide groups is 1. The summed E-state index contributed by atoms with van der Waals surface area (Å²) in [6.45, 7) is 5.69. The van der Waals surface area contributed by atoms with Gasteiger partial charge in [0.15, 0.2) is 0 Å². The van der Waals surface area contributed by atoms with Gasteiger partial charge in [-0.2, -0.15) is 0 Å². The van der Waals surface area contributed by atoms with Crippen molar-refractivity contribution in [2.45, 2.75) is 40.0 Å². The number of amides is 2. The van der Waals surface area contributed by atoms with Gasteiger partial charge in [0.25, 0.3) is 0 Å². The average Bonchev–Trinajstić information content (AvgIpc) is 2.62. The Morgan fingerprint density at radius 3 is 2.47 bits per heavy atom.